The van der Waals surface area contributed by atoms with Crippen molar-refractivity contribution < 1.29 is 4.79 Å². The topological polar surface area (TPSA) is 80.0 Å². The van der Waals surface area contributed by atoms with E-state index in [0.29, 0.717) is 11.5 Å². The van der Waals surface area contributed by atoms with Gasteiger partial charge in [-0.05, 0) is 25.0 Å². The molecule has 1 aliphatic rings. The van der Waals surface area contributed by atoms with Gasteiger partial charge in [-0.1, -0.05) is 19.3 Å². The van der Waals surface area contributed by atoms with Crippen molar-refractivity contribution in [2.24, 2.45) is 0 Å². The Balaban J connectivity index is 1.86. The zero-order valence-electron chi connectivity index (χ0n) is 9.78. The fourth-order valence-electron chi connectivity index (χ4n) is 2.10. The van der Waals surface area contributed by atoms with E-state index in [1.807, 2.05) is 0 Å². The van der Waals surface area contributed by atoms with Gasteiger partial charge in [0.2, 0.25) is 0 Å². The average Bonchev–Trinajstić information content (AvgIpc) is 2.33. The van der Waals surface area contributed by atoms with Gasteiger partial charge in [0.1, 0.15) is 0 Å². The van der Waals surface area contributed by atoms with E-state index < -0.39 is 0 Å². The first-order valence-electron chi connectivity index (χ1n) is 6.04. The molecule has 0 spiro atoms. The number of aromatic nitrogens is 1. The van der Waals surface area contributed by atoms with Crippen molar-refractivity contribution >= 4 is 17.5 Å². The molecule has 92 valence electrons. The first kappa shape index (κ1) is 11.7. The summed E-state index contributed by atoms with van der Waals surface area (Å²) in [7, 11) is 0. The number of carbonyl (C=O) groups is 1. The lowest BCUT2D eigenvalue weighted by molar-refractivity contribution is 0.244. The Kier molecular flexibility index (Phi) is 3.80. The lowest BCUT2D eigenvalue weighted by Crippen LogP contribution is -2.39. The summed E-state index contributed by atoms with van der Waals surface area (Å²) in [5.74, 6) is 0.417. The molecular weight excluding hydrogens is 216 g/mol. The predicted molar refractivity (Wildman–Crippen MR) is 67.7 cm³/mol. The minimum absolute atomic E-state index is 0.220. The first-order valence-corrected chi connectivity index (χ1v) is 6.04. The zero-order valence-corrected chi connectivity index (χ0v) is 9.78. The van der Waals surface area contributed by atoms with Gasteiger partial charge >= 0.3 is 6.03 Å². The van der Waals surface area contributed by atoms with Gasteiger partial charge in [-0.3, -0.25) is 5.32 Å². The second kappa shape index (κ2) is 5.52. The summed E-state index contributed by atoms with van der Waals surface area (Å²) in [6, 6.07) is 3.51. The number of nitrogens with one attached hydrogen (secondary N) is 2. The number of hydrogen-bond donors (Lipinski definition) is 3. The van der Waals surface area contributed by atoms with Crippen LogP contribution in [-0.2, 0) is 0 Å². The molecule has 1 aromatic heterocycles. The molecule has 0 unspecified atom stereocenters. The predicted octanol–water partition coefficient (Wildman–Crippen LogP) is 2.12. The van der Waals surface area contributed by atoms with E-state index in [4.69, 9.17) is 5.73 Å². The summed E-state index contributed by atoms with van der Waals surface area (Å²) >= 11 is 0. The standard InChI is InChI=1S/C12H18N4O/c13-10-7-4-8-14-11(10)16-12(17)15-9-5-2-1-3-6-9/h4,7-9H,1-3,5-6,13H2,(H2,14,15,16,17). The summed E-state index contributed by atoms with van der Waals surface area (Å²) in [5.41, 5.74) is 6.18. The Hall–Kier alpha value is -1.78. The maximum absolute atomic E-state index is 11.7. The molecule has 2 amide bonds. The molecule has 0 aromatic carbocycles. The van der Waals surface area contributed by atoms with E-state index in [-0.39, 0.29) is 12.1 Å². The van der Waals surface area contributed by atoms with Crippen LogP contribution in [0.5, 0.6) is 0 Å². The molecule has 1 aromatic rings. The molecule has 1 heterocycles. The zero-order chi connectivity index (χ0) is 12.1. The summed E-state index contributed by atoms with van der Waals surface area (Å²) in [4.78, 5) is 15.7. The van der Waals surface area contributed by atoms with E-state index in [9.17, 15) is 4.79 Å². The van der Waals surface area contributed by atoms with Gasteiger partial charge in [-0.15, -0.1) is 0 Å². The maximum atomic E-state index is 11.7. The largest absolute Gasteiger partial charge is 0.396 e. The van der Waals surface area contributed by atoms with Gasteiger partial charge in [-0.25, -0.2) is 9.78 Å². The molecule has 5 nitrogen and oxygen atoms in total. The number of nitrogens with two attached hydrogens (primary N) is 1. The van der Waals surface area contributed by atoms with Gasteiger partial charge in [0.15, 0.2) is 5.82 Å². The van der Waals surface area contributed by atoms with E-state index >= 15 is 0 Å². The highest BCUT2D eigenvalue weighted by Crippen LogP contribution is 2.18. The lowest BCUT2D eigenvalue weighted by atomic mass is 9.96. The fraction of sp³-hybridized carbons (Fsp3) is 0.500. The van der Waals surface area contributed by atoms with Crippen LogP contribution < -0.4 is 16.4 Å². The molecule has 17 heavy (non-hydrogen) atoms. The van der Waals surface area contributed by atoms with Crippen LogP contribution in [0.2, 0.25) is 0 Å². The highest BCUT2D eigenvalue weighted by Gasteiger charge is 2.16. The van der Waals surface area contributed by atoms with Gasteiger partial charge in [0.05, 0.1) is 5.69 Å². The number of rotatable bonds is 2. The van der Waals surface area contributed by atoms with E-state index in [1.54, 1.807) is 18.3 Å². The van der Waals surface area contributed by atoms with Crippen molar-refractivity contribution in [3.63, 3.8) is 0 Å². The number of nitrogens with zero attached hydrogens (tertiary/aromatic N) is 1. The van der Waals surface area contributed by atoms with Crippen LogP contribution in [0.3, 0.4) is 0 Å². The van der Waals surface area contributed by atoms with E-state index in [2.05, 4.69) is 15.6 Å². The van der Waals surface area contributed by atoms with Crippen molar-refractivity contribution in [2.75, 3.05) is 11.1 Å². The van der Waals surface area contributed by atoms with Gasteiger partial charge in [-0.2, -0.15) is 0 Å². The molecule has 1 aliphatic carbocycles. The third kappa shape index (κ3) is 3.34. The molecule has 0 radical (unpaired) electrons. The second-order valence-electron chi connectivity index (χ2n) is 4.37. The van der Waals surface area contributed by atoms with Crippen LogP contribution >= 0.6 is 0 Å². The van der Waals surface area contributed by atoms with Crippen LogP contribution in [0.15, 0.2) is 18.3 Å². The third-order valence-corrected chi connectivity index (χ3v) is 3.01. The van der Waals surface area contributed by atoms with Crippen molar-refractivity contribution in [3.8, 4) is 0 Å². The van der Waals surface area contributed by atoms with Crippen LogP contribution in [-0.4, -0.2) is 17.1 Å². The molecule has 0 aliphatic heterocycles. The highest BCUT2D eigenvalue weighted by atomic mass is 16.2. The Morgan fingerprint density at radius 1 is 1.35 bits per heavy atom. The number of hydrogen-bond acceptors (Lipinski definition) is 3. The van der Waals surface area contributed by atoms with Crippen molar-refractivity contribution in [1.29, 1.82) is 0 Å². The highest BCUT2D eigenvalue weighted by molar-refractivity contribution is 5.91. The molecule has 4 N–H and O–H groups in total. The van der Waals surface area contributed by atoms with Crippen molar-refractivity contribution in [2.45, 2.75) is 38.1 Å². The SMILES string of the molecule is Nc1cccnc1NC(=O)NC1CCCCC1. The Labute approximate surface area is 101 Å². The normalized spacial score (nSPS) is 16.5. The van der Waals surface area contributed by atoms with Crippen LogP contribution in [0.4, 0.5) is 16.3 Å². The first-order chi connectivity index (χ1) is 8.25. The molecule has 0 bridgehead atoms. The Morgan fingerprint density at radius 3 is 2.82 bits per heavy atom. The lowest BCUT2D eigenvalue weighted by Gasteiger charge is -2.22. The third-order valence-electron chi connectivity index (χ3n) is 3.01. The number of pyridine rings is 1. The van der Waals surface area contributed by atoms with E-state index in [1.165, 1.54) is 19.3 Å². The second-order valence-corrected chi connectivity index (χ2v) is 4.37. The van der Waals surface area contributed by atoms with Crippen LogP contribution in [0.25, 0.3) is 0 Å². The minimum Gasteiger partial charge on any atom is -0.396 e. The monoisotopic (exact) mass is 234 g/mol. The van der Waals surface area contributed by atoms with Crippen LogP contribution in [0, 0.1) is 0 Å². The number of amides is 2. The fourth-order valence-corrected chi connectivity index (χ4v) is 2.10. The number of carbonyl (C=O) groups excluding carboxylic acids is 1. The molecular formula is C12H18N4O. The molecule has 1 fully saturated rings. The smallest absolute Gasteiger partial charge is 0.320 e. The minimum atomic E-state index is -0.220. The molecule has 0 atom stereocenters. The summed E-state index contributed by atoms with van der Waals surface area (Å²) in [6.45, 7) is 0. The van der Waals surface area contributed by atoms with Gasteiger partial charge in [0.25, 0.3) is 0 Å². The summed E-state index contributed by atoms with van der Waals surface area (Å²) in [6.07, 6.45) is 7.38. The van der Waals surface area contributed by atoms with Gasteiger partial charge < -0.3 is 11.1 Å². The van der Waals surface area contributed by atoms with Crippen molar-refractivity contribution in [1.82, 2.24) is 10.3 Å². The molecule has 5 heteroatoms. The maximum Gasteiger partial charge on any atom is 0.320 e. The Bertz CT molecular complexity index is 388. The molecule has 2 rings (SSSR count). The van der Waals surface area contributed by atoms with Crippen molar-refractivity contribution in [3.05, 3.63) is 18.3 Å². The quantitative estimate of drug-likeness (QED) is 0.733. The summed E-state index contributed by atoms with van der Waals surface area (Å²) in [5, 5.41) is 5.62. The Morgan fingerprint density at radius 2 is 2.12 bits per heavy atom. The van der Waals surface area contributed by atoms with Gasteiger partial charge in [0, 0.05) is 12.2 Å². The number of urea groups is 1. The number of nitrogen functional groups attached to an aromatic ring is 1. The summed E-state index contributed by atoms with van der Waals surface area (Å²) < 4.78 is 0. The average molecular weight is 234 g/mol. The van der Waals surface area contributed by atoms with Crippen LogP contribution in [0.1, 0.15) is 32.1 Å². The van der Waals surface area contributed by atoms with E-state index in [0.717, 1.165) is 12.8 Å². The number of anilines is 2. The molecule has 0 saturated heterocycles. The molecule has 1 saturated carbocycles.